The molecule has 2 heterocycles. The summed E-state index contributed by atoms with van der Waals surface area (Å²) in [4.78, 5) is 27.2. The Morgan fingerprint density at radius 1 is 0.935 bits per heavy atom. The van der Waals surface area contributed by atoms with Gasteiger partial charge in [-0.2, -0.15) is 4.31 Å². The van der Waals surface area contributed by atoms with E-state index in [0.717, 1.165) is 17.6 Å². The maximum absolute atomic E-state index is 13.1. The molecular formula is C21H23FN4O4S. The highest BCUT2D eigenvalue weighted by molar-refractivity contribution is 7.89. The highest BCUT2D eigenvalue weighted by Gasteiger charge is 2.30. The third kappa shape index (κ3) is 3.88. The summed E-state index contributed by atoms with van der Waals surface area (Å²) in [6.45, 7) is 2.99. The number of hydrogen-bond donors (Lipinski definition) is 0. The first-order valence-electron chi connectivity index (χ1n) is 10.0. The molecule has 1 aliphatic rings. The van der Waals surface area contributed by atoms with E-state index in [-0.39, 0.29) is 49.2 Å². The first-order valence-corrected chi connectivity index (χ1v) is 11.5. The Kier molecular flexibility index (Phi) is 5.67. The number of halogens is 1. The molecule has 0 spiro atoms. The van der Waals surface area contributed by atoms with Gasteiger partial charge in [0, 0.05) is 32.7 Å². The molecule has 2 aromatic carbocycles. The normalized spacial score (nSPS) is 15.5. The minimum atomic E-state index is -3.75. The molecule has 4 rings (SSSR count). The molecule has 0 N–H and O–H groups in total. The predicted molar refractivity (Wildman–Crippen MR) is 114 cm³/mol. The van der Waals surface area contributed by atoms with Gasteiger partial charge in [0.25, 0.3) is 0 Å². The summed E-state index contributed by atoms with van der Waals surface area (Å²) in [5.74, 6) is -0.742. The van der Waals surface area contributed by atoms with Crippen molar-refractivity contribution in [2.24, 2.45) is 0 Å². The van der Waals surface area contributed by atoms with E-state index in [9.17, 15) is 22.4 Å². The van der Waals surface area contributed by atoms with Gasteiger partial charge in [-0.1, -0.05) is 12.1 Å². The Bertz CT molecular complexity index is 1270. The molecule has 1 amide bonds. The van der Waals surface area contributed by atoms with Crippen LogP contribution < -0.4 is 5.69 Å². The van der Waals surface area contributed by atoms with E-state index in [1.165, 1.54) is 21.0 Å². The van der Waals surface area contributed by atoms with E-state index >= 15 is 0 Å². The lowest BCUT2D eigenvalue weighted by molar-refractivity contribution is -0.133. The number of amides is 1. The van der Waals surface area contributed by atoms with Crippen molar-refractivity contribution in [3.8, 4) is 0 Å². The van der Waals surface area contributed by atoms with Crippen molar-refractivity contribution in [2.45, 2.75) is 24.9 Å². The van der Waals surface area contributed by atoms with Crippen LogP contribution in [0.25, 0.3) is 11.0 Å². The standard InChI is InChI=1S/C21H23FN4O4S/c1-2-25-18-5-3-4-6-19(18)26(21(25)28)15-20(27)23-11-13-24(14-12-23)31(29,30)17-9-7-16(22)8-10-17/h3-10H,2,11-15H2,1H3. The zero-order valence-corrected chi connectivity index (χ0v) is 17.9. The number of carbonyl (C=O) groups excluding carboxylic acids is 1. The average molecular weight is 447 g/mol. The number of imidazole rings is 1. The number of hydrogen-bond acceptors (Lipinski definition) is 4. The van der Waals surface area contributed by atoms with Gasteiger partial charge in [-0.3, -0.25) is 13.9 Å². The van der Waals surface area contributed by atoms with Crippen LogP contribution in [-0.4, -0.2) is 58.8 Å². The van der Waals surface area contributed by atoms with Gasteiger partial charge in [-0.15, -0.1) is 0 Å². The summed E-state index contributed by atoms with van der Waals surface area (Å²) in [6, 6.07) is 12.0. The van der Waals surface area contributed by atoms with Gasteiger partial charge < -0.3 is 4.90 Å². The third-order valence-corrected chi connectivity index (χ3v) is 7.49. The Hall–Kier alpha value is -2.98. The van der Waals surface area contributed by atoms with Gasteiger partial charge >= 0.3 is 5.69 Å². The summed E-state index contributed by atoms with van der Waals surface area (Å²) in [6.07, 6.45) is 0. The van der Waals surface area contributed by atoms with Crippen LogP contribution in [0.3, 0.4) is 0 Å². The molecule has 8 nitrogen and oxygen atoms in total. The molecule has 0 saturated carbocycles. The molecule has 0 radical (unpaired) electrons. The smallest absolute Gasteiger partial charge is 0.329 e. The Morgan fingerprint density at radius 3 is 2.10 bits per heavy atom. The second-order valence-corrected chi connectivity index (χ2v) is 9.28. The van der Waals surface area contributed by atoms with Crippen LogP contribution in [0, 0.1) is 5.82 Å². The lowest BCUT2D eigenvalue weighted by Gasteiger charge is -2.34. The lowest BCUT2D eigenvalue weighted by atomic mass is 10.3. The monoisotopic (exact) mass is 446 g/mol. The van der Waals surface area contributed by atoms with Gasteiger partial charge in [0.05, 0.1) is 15.9 Å². The molecular weight excluding hydrogens is 423 g/mol. The van der Waals surface area contributed by atoms with Gasteiger partial charge in [0.15, 0.2) is 0 Å². The van der Waals surface area contributed by atoms with Crippen LogP contribution in [0.5, 0.6) is 0 Å². The molecule has 3 aromatic rings. The van der Waals surface area contributed by atoms with E-state index in [1.54, 1.807) is 9.47 Å². The van der Waals surface area contributed by atoms with Crippen LogP contribution in [0.2, 0.25) is 0 Å². The Morgan fingerprint density at radius 2 is 1.52 bits per heavy atom. The van der Waals surface area contributed by atoms with Crippen molar-refractivity contribution < 1.29 is 17.6 Å². The number of rotatable bonds is 5. The number of aromatic nitrogens is 2. The van der Waals surface area contributed by atoms with E-state index in [0.29, 0.717) is 12.1 Å². The van der Waals surface area contributed by atoms with Crippen molar-refractivity contribution in [1.82, 2.24) is 18.3 Å². The summed E-state index contributed by atoms with van der Waals surface area (Å²) < 4.78 is 43.0. The maximum Gasteiger partial charge on any atom is 0.329 e. The first kappa shape index (κ1) is 21.3. The minimum absolute atomic E-state index is 0.0209. The van der Waals surface area contributed by atoms with E-state index < -0.39 is 15.8 Å². The maximum atomic E-state index is 13.1. The van der Waals surface area contributed by atoms with Crippen molar-refractivity contribution in [1.29, 1.82) is 0 Å². The van der Waals surface area contributed by atoms with Crippen LogP contribution in [0.15, 0.2) is 58.2 Å². The second kappa shape index (κ2) is 8.27. The molecule has 0 atom stereocenters. The molecule has 0 bridgehead atoms. The number of nitrogens with zero attached hydrogens (tertiary/aromatic N) is 4. The van der Waals surface area contributed by atoms with E-state index in [2.05, 4.69) is 0 Å². The fourth-order valence-corrected chi connectivity index (χ4v) is 5.32. The topological polar surface area (TPSA) is 84.6 Å². The molecule has 1 saturated heterocycles. The van der Waals surface area contributed by atoms with Crippen molar-refractivity contribution in [3.63, 3.8) is 0 Å². The molecule has 1 aromatic heterocycles. The number of aryl methyl sites for hydroxylation is 1. The zero-order chi connectivity index (χ0) is 22.2. The third-order valence-electron chi connectivity index (χ3n) is 5.58. The van der Waals surface area contributed by atoms with Gasteiger partial charge in [0.2, 0.25) is 15.9 Å². The fraction of sp³-hybridized carbons (Fsp3) is 0.333. The molecule has 0 aliphatic carbocycles. The minimum Gasteiger partial charge on any atom is -0.338 e. The van der Waals surface area contributed by atoms with Crippen molar-refractivity contribution in [2.75, 3.05) is 26.2 Å². The lowest BCUT2D eigenvalue weighted by Crippen LogP contribution is -2.51. The number of carbonyl (C=O) groups is 1. The summed E-state index contributed by atoms with van der Waals surface area (Å²) in [5, 5.41) is 0. The summed E-state index contributed by atoms with van der Waals surface area (Å²) >= 11 is 0. The fourth-order valence-electron chi connectivity index (χ4n) is 3.90. The highest BCUT2D eigenvalue weighted by Crippen LogP contribution is 2.19. The van der Waals surface area contributed by atoms with Crippen LogP contribution in [0.4, 0.5) is 4.39 Å². The Labute approximate surface area is 179 Å². The van der Waals surface area contributed by atoms with Gasteiger partial charge in [-0.25, -0.2) is 17.6 Å². The van der Waals surface area contributed by atoms with Crippen molar-refractivity contribution >= 4 is 27.0 Å². The SMILES string of the molecule is CCn1c(=O)n(CC(=O)N2CCN(S(=O)(=O)c3ccc(F)cc3)CC2)c2ccccc21. The van der Waals surface area contributed by atoms with Crippen LogP contribution in [-0.2, 0) is 27.9 Å². The predicted octanol–water partition coefficient (Wildman–Crippen LogP) is 1.50. The Balaban J connectivity index is 1.47. The highest BCUT2D eigenvalue weighted by atomic mass is 32.2. The number of sulfonamides is 1. The zero-order valence-electron chi connectivity index (χ0n) is 17.1. The summed E-state index contributed by atoms with van der Waals surface area (Å²) in [5.41, 5.74) is 1.23. The molecule has 0 unspecified atom stereocenters. The van der Waals surface area contributed by atoms with E-state index in [4.69, 9.17) is 0 Å². The first-order chi connectivity index (χ1) is 14.8. The van der Waals surface area contributed by atoms with Crippen molar-refractivity contribution in [3.05, 3.63) is 64.8 Å². The van der Waals surface area contributed by atoms with E-state index in [1.807, 2.05) is 31.2 Å². The molecule has 1 aliphatic heterocycles. The van der Waals surface area contributed by atoms with Gasteiger partial charge in [0.1, 0.15) is 12.4 Å². The summed E-state index contributed by atoms with van der Waals surface area (Å²) in [7, 11) is -3.75. The number of fused-ring (bicyclic) bond motifs is 1. The van der Waals surface area contributed by atoms with Crippen LogP contribution >= 0.6 is 0 Å². The quantitative estimate of drug-likeness (QED) is 0.595. The average Bonchev–Trinajstić information content (AvgIpc) is 3.05. The van der Waals surface area contributed by atoms with Crippen LogP contribution in [0.1, 0.15) is 6.92 Å². The largest absolute Gasteiger partial charge is 0.338 e. The molecule has 164 valence electrons. The molecule has 31 heavy (non-hydrogen) atoms. The number of piperazine rings is 1. The molecule has 1 fully saturated rings. The van der Waals surface area contributed by atoms with Gasteiger partial charge in [-0.05, 0) is 43.3 Å². The second-order valence-electron chi connectivity index (χ2n) is 7.34. The number of para-hydroxylation sites is 2. The number of benzene rings is 2. The molecule has 10 heteroatoms.